The SMILES string of the molecule is CNc1ccnc(CN2C(=O)COCC2=O)c1. The first-order chi connectivity index (χ1) is 8.20. The molecule has 2 heterocycles. The van der Waals surface area contributed by atoms with Crippen molar-refractivity contribution in [3.8, 4) is 0 Å². The highest BCUT2D eigenvalue weighted by Crippen LogP contribution is 2.11. The Bertz CT molecular complexity index is 431. The van der Waals surface area contributed by atoms with Crippen LogP contribution in [0.25, 0.3) is 0 Å². The van der Waals surface area contributed by atoms with Crippen molar-refractivity contribution in [2.24, 2.45) is 0 Å². The normalized spacial score (nSPS) is 16.2. The molecule has 1 aromatic rings. The minimum atomic E-state index is -0.321. The molecule has 2 amide bonds. The zero-order chi connectivity index (χ0) is 12.3. The van der Waals surface area contributed by atoms with Gasteiger partial charge in [-0.1, -0.05) is 0 Å². The number of amides is 2. The second-order valence-corrected chi connectivity index (χ2v) is 3.65. The summed E-state index contributed by atoms with van der Waals surface area (Å²) in [6.07, 6.45) is 1.64. The van der Waals surface area contributed by atoms with Crippen LogP contribution < -0.4 is 5.32 Å². The number of anilines is 1. The lowest BCUT2D eigenvalue weighted by Crippen LogP contribution is -2.45. The lowest BCUT2D eigenvalue weighted by Gasteiger charge is -2.24. The summed E-state index contributed by atoms with van der Waals surface area (Å²) in [5.41, 5.74) is 1.56. The summed E-state index contributed by atoms with van der Waals surface area (Å²) in [6, 6.07) is 3.61. The van der Waals surface area contributed by atoms with Crippen LogP contribution in [-0.4, -0.2) is 42.0 Å². The topological polar surface area (TPSA) is 71.5 Å². The summed E-state index contributed by atoms with van der Waals surface area (Å²) in [5.74, 6) is -0.643. The van der Waals surface area contributed by atoms with Crippen LogP contribution in [0, 0.1) is 0 Å². The average Bonchev–Trinajstić information content (AvgIpc) is 2.34. The number of ether oxygens (including phenoxy) is 1. The van der Waals surface area contributed by atoms with E-state index in [4.69, 9.17) is 4.74 Å². The number of aromatic nitrogens is 1. The minimum Gasteiger partial charge on any atom is -0.388 e. The van der Waals surface area contributed by atoms with Gasteiger partial charge in [0, 0.05) is 18.9 Å². The zero-order valence-electron chi connectivity index (χ0n) is 9.47. The fourth-order valence-corrected chi connectivity index (χ4v) is 1.58. The number of pyridine rings is 1. The molecular weight excluding hydrogens is 222 g/mol. The maximum atomic E-state index is 11.5. The maximum Gasteiger partial charge on any atom is 0.255 e. The van der Waals surface area contributed by atoms with Crippen molar-refractivity contribution < 1.29 is 14.3 Å². The largest absolute Gasteiger partial charge is 0.388 e. The Morgan fingerprint density at radius 1 is 1.41 bits per heavy atom. The molecule has 0 radical (unpaired) electrons. The fraction of sp³-hybridized carbons (Fsp3) is 0.364. The predicted octanol–water partition coefficient (Wildman–Crippen LogP) is 0.00870. The summed E-state index contributed by atoms with van der Waals surface area (Å²) in [5, 5.41) is 2.97. The van der Waals surface area contributed by atoms with Gasteiger partial charge in [-0.2, -0.15) is 0 Å². The maximum absolute atomic E-state index is 11.5. The van der Waals surface area contributed by atoms with Crippen LogP contribution in [0.5, 0.6) is 0 Å². The summed E-state index contributed by atoms with van der Waals surface area (Å²) in [6.45, 7) is 0.103. The van der Waals surface area contributed by atoms with Crippen LogP contribution in [0.3, 0.4) is 0 Å². The molecule has 0 atom stereocenters. The Labute approximate surface area is 98.6 Å². The Hall–Kier alpha value is -1.95. The van der Waals surface area contributed by atoms with Gasteiger partial charge in [0.1, 0.15) is 13.2 Å². The highest BCUT2D eigenvalue weighted by molar-refractivity contribution is 5.98. The van der Waals surface area contributed by atoms with E-state index < -0.39 is 0 Å². The number of hydrogen-bond donors (Lipinski definition) is 1. The standard InChI is InChI=1S/C11H13N3O3/c1-12-8-2-3-13-9(4-8)5-14-10(15)6-17-7-11(14)16/h2-4H,5-7H2,1H3,(H,12,13). The Balaban J connectivity index is 2.13. The smallest absolute Gasteiger partial charge is 0.255 e. The van der Waals surface area contributed by atoms with E-state index in [0.717, 1.165) is 5.69 Å². The number of carbonyl (C=O) groups excluding carboxylic acids is 2. The molecule has 1 N–H and O–H groups in total. The number of imide groups is 1. The molecule has 0 saturated carbocycles. The van der Waals surface area contributed by atoms with Crippen LogP contribution in [0.1, 0.15) is 5.69 Å². The van der Waals surface area contributed by atoms with Crippen molar-refractivity contribution in [1.29, 1.82) is 0 Å². The van der Waals surface area contributed by atoms with Crippen molar-refractivity contribution in [3.05, 3.63) is 24.0 Å². The van der Waals surface area contributed by atoms with E-state index in [1.165, 1.54) is 4.90 Å². The van der Waals surface area contributed by atoms with E-state index in [-0.39, 0.29) is 31.6 Å². The van der Waals surface area contributed by atoms with E-state index in [2.05, 4.69) is 10.3 Å². The second-order valence-electron chi connectivity index (χ2n) is 3.65. The van der Waals surface area contributed by atoms with Crippen molar-refractivity contribution in [2.45, 2.75) is 6.54 Å². The van der Waals surface area contributed by atoms with Crippen molar-refractivity contribution in [3.63, 3.8) is 0 Å². The van der Waals surface area contributed by atoms with Crippen molar-refractivity contribution >= 4 is 17.5 Å². The van der Waals surface area contributed by atoms with Crippen LogP contribution >= 0.6 is 0 Å². The molecule has 0 unspecified atom stereocenters. The van der Waals surface area contributed by atoms with E-state index in [9.17, 15) is 9.59 Å². The molecule has 6 nitrogen and oxygen atoms in total. The molecule has 1 fully saturated rings. The number of morpholine rings is 1. The molecule has 0 bridgehead atoms. The molecular formula is C11H13N3O3. The van der Waals surface area contributed by atoms with Crippen LogP contribution in [0.2, 0.25) is 0 Å². The molecule has 1 aliphatic heterocycles. The van der Waals surface area contributed by atoms with E-state index in [0.29, 0.717) is 5.69 Å². The highest BCUT2D eigenvalue weighted by atomic mass is 16.5. The van der Waals surface area contributed by atoms with Gasteiger partial charge in [0.2, 0.25) is 0 Å². The van der Waals surface area contributed by atoms with Crippen molar-refractivity contribution in [1.82, 2.24) is 9.88 Å². The Kier molecular flexibility index (Phi) is 3.34. The average molecular weight is 235 g/mol. The van der Waals surface area contributed by atoms with Gasteiger partial charge in [-0.15, -0.1) is 0 Å². The first-order valence-electron chi connectivity index (χ1n) is 5.24. The molecule has 1 saturated heterocycles. The monoisotopic (exact) mass is 235 g/mol. The lowest BCUT2D eigenvalue weighted by molar-refractivity contribution is -0.159. The predicted molar refractivity (Wildman–Crippen MR) is 60.2 cm³/mol. The van der Waals surface area contributed by atoms with Gasteiger partial charge < -0.3 is 10.1 Å². The third-order valence-corrected chi connectivity index (χ3v) is 2.48. The molecule has 6 heteroatoms. The van der Waals surface area contributed by atoms with E-state index in [1.807, 2.05) is 6.07 Å². The summed E-state index contributed by atoms with van der Waals surface area (Å²) in [7, 11) is 1.80. The molecule has 0 aliphatic carbocycles. The molecule has 1 aromatic heterocycles. The zero-order valence-corrected chi connectivity index (χ0v) is 9.47. The summed E-state index contributed by atoms with van der Waals surface area (Å²) >= 11 is 0. The number of nitrogens with zero attached hydrogens (tertiary/aromatic N) is 2. The van der Waals surface area contributed by atoms with Crippen molar-refractivity contribution in [2.75, 3.05) is 25.6 Å². The van der Waals surface area contributed by atoms with Gasteiger partial charge in [-0.3, -0.25) is 19.5 Å². The van der Waals surface area contributed by atoms with Gasteiger partial charge in [0.05, 0.1) is 12.2 Å². The Morgan fingerprint density at radius 3 is 2.76 bits per heavy atom. The van der Waals surface area contributed by atoms with Crippen LogP contribution in [-0.2, 0) is 20.9 Å². The van der Waals surface area contributed by atoms with Gasteiger partial charge in [-0.05, 0) is 12.1 Å². The second kappa shape index (κ2) is 4.92. The lowest BCUT2D eigenvalue weighted by atomic mass is 10.2. The summed E-state index contributed by atoms with van der Waals surface area (Å²) < 4.78 is 4.83. The van der Waals surface area contributed by atoms with Gasteiger partial charge in [-0.25, -0.2) is 0 Å². The first kappa shape index (κ1) is 11.5. The van der Waals surface area contributed by atoms with Crippen LogP contribution in [0.4, 0.5) is 5.69 Å². The first-order valence-corrected chi connectivity index (χ1v) is 5.24. The minimum absolute atomic E-state index is 0.0442. The number of hydrogen-bond acceptors (Lipinski definition) is 5. The highest BCUT2D eigenvalue weighted by Gasteiger charge is 2.26. The third-order valence-electron chi connectivity index (χ3n) is 2.48. The van der Waals surface area contributed by atoms with Gasteiger partial charge in [0.15, 0.2) is 0 Å². The van der Waals surface area contributed by atoms with E-state index >= 15 is 0 Å². The fourth-order valence-electron chi connectivity index (χ4n) is 1.58. The number of rotatable bonds is 3. The number of nitrogens with one attached hydrogen (secondary N) is 1. The van der Waals surface area contributed by atoms with Gasteiger partial charge in [0.25, 0.3) is 11.8 Å². The molecule has 0 aromatic carbocycles. The van der Waals surface area contributed by atoms with Crippen LogP contribution in [0.15, 0.2) is 18.3 Å². The quantitative estimate of drug-likeness (QED) is 0.747. The number of carbonyl (C=O) groups is 2. The molecule has 17 heavy (non-hydrogen) atoms. The molecule has 1 aliphatic rings. The Morgan fingerprint density at radius 2 is 2.12 bits per heavy atom. The third kappa shape index (κ3) is 2.59. The molecule has 90 valence electrons. The molecule has 2 rings (SSSR count). The summed E-state index contributed by atoms with van der Waals surface area (Å²) in [4.78, 5) is 28.3. The van der Waals surface area contributed by atoms with Gasteiger partial charge >= 0.3 is 0 Å². The molecule has 0 spiro atoms. The van der Waals surface area contributed by atoms with E-state index in [1.54, 1.807) is 19.3 Å².